The number of nitrogens with zero attached hydrogens (tertiary/aromatic N) is 2. The molecular weight excluding hydrogens is 188 g/mol. The summed E-state index contributed by atoms with van der Waals surface area (Å²) in [5.41, 5.74) is 3.80. The van der Waals surface area contributed by atoms with Gasteiger partial charge in [-0.2, -0.15) is 5.26 Å². The first-order valence-corrected chi connectivity index (χ1v) is 4.95. The van der Waals surface area contributed by atoms with E-state index in [0.717, 1.165) is 29.8 Å². The first kappa shape index (κ1) is 9.72. The maximum Gasteiger partial charge on any atom is 0.223 e. The van der Waals surface area contributed by atoms with Gasteiger partial charge in [-0.05, 0) is 36.6 Å². The van der Waals surface area contributed by atoms with E-state index >= 15 is 0 Å². The van der Waals surface area contributed by atoms with Crippen molar-refractivity contribution >= 4 is 11.6 Å². The van der Waals surface area contributed by atoms with Gasteiger partial charge in [0.25, 0.3) is 0 Å². The second-order valence-electron chi connectivity index (χ2n) is 3.83. The first-order chi connectivity index (χ1) is 7.13. The number of fused-ring (bicyclic) bond motifs is 1. The van der Waals surface area contributed by atoms with E-state index in [4.69, 9.17) is 5.26 Å². The van der Waals surface area contributed by atoms with Crippen molar-refractivity contribution in [3.05, 3.63) is 28.8 Å². The molecule has 0 saturated heterocycles. The predicted octanol–water partition coefficient (Wildman–Crippen LogP) is 1.78. The van der Waals surface area contributed by atoms with Crippen LogP contribution >= 0.6 is 0 Å². The molecule has 0 spiro atoms. The number of benzene rings is 1. The monoisotopic (exact) mass is 200 g/mol. The molecule has 0 saturated carbocycles. The first-order valence-electron chi connectivity index (χ1n) is 4.95. The Morgan fingerprint density at radius 3 is 2.87 bits per heavy atom. The molecule has 15 heavy (non-hydrogen) atoms. The molecule has 76 valence electrons. The fraction of sp³-hybridized carbons (Fsp3) is 0.333. The largest absolute Gasteiger partial charge is 0.312 e. The van der Waals surface area contributed by atoms with Crippen LogP contribution in [0.4, 0.5) is 5.69 Å². The van der Waals surface area contributed by atoms with Crippen molar-refractivity contribution in [2.75, 3.05) is 11.4 Å². The summed E-state index contributed by atoms with van der Waals surface area (Å²) < 4.78 is 0. The number of anilines is 1. The maximum atomic E-state index is 11.4. The van der Waals surface area contributed by atoms with Gasteiger partial charge >= 0.3 is 0 Å². The summed E-state index contributed by atoms with van der Waals surface area (Å²) in [6.07, 6.45) is 0.852. The topological polar surface area (TPSA) is 44.1 Å². The van der Waals surface area contributed by atoms with Crippen molar-refractivity contribution in [3.63, 3.8) is 0 Å². The zero-order chi connectivity index (χ0) is 11.0. The molecule has 0 fully saturated rings. The number of rotatable bonds is 0. The molecule has 1 aliphatic rings. The number of hydrogen-bond acceptors (Lipinski definition) is 2. The van der Waals surface area contributed by atoms with Crippen LogP contribution in [0, 0.1) is 18.3 Å². The number of carbonyl (C=O) groups is 1. The van der Waals surface area contributed by atoms with Crippen LogP contribution in [0.2, 0.25) is 0 Å². The molecule has 1 aromatic rings. The Labute approximate surface area is 88.9 Å². The maximum absolute atomic E-state index is 11.4. The SMILES string of the molecule is CC(=O)N1CCc2cc(C#N)cc(C)c21. The Morgan fingerprint density at radius 2 is 2.27 bits per heavy atom. The summed E-state index contributed by atoms with van der Waals surface area (Å²) >= 11 is 0. The second kappa shape index (κ2) is 3.39. The Bertz CT molecular complexity index is 471. The lowest BCUT2D eigenvalue weighted by atomic mass is 10.0. The van der Waals surface area contributed by atoms with Crippen molar-refractivity contribution in [2.24, 2.45) is 0 Å². The molecule has 1 amide bonds. The van der Waals surface area contributed by atoms with Gasteiger partial charge in [-0.1, -0.05) is 0 Å². The molecule has 1 aromatic carbocycles. The highest BCUT2D eigenvalue weighted by Gasteiger charge is 2.24. The van der Waals surface area contributed by atoms with Gasteiger partial charge in [0.2, 0.25) is 5.91 Å². The molecule has 0 radical (unpaired) electrons. The number of aryl methyl sites for hydroxylation is 1. The molecule has 3 nitrogen and oxygen atoms in total. The highest BCUT2D eigenvalue weighted by atomic mass is 16.2. The Kier molecular flexibility index (Phi) is 2.20. The lowest BCUT2D eigenvalue weighted by Crippen LogP contribution is -2.26. The van der Waals surface area contributed by atoms with Crippen LogP contribution in [0.5, 0.6) is 0 Å². The van der Waals surface area contributed by atoms with Gasteiger partial charge < -0.3 is 4.90 Å². The normalized spacial score (nSPS) is 13.5. The van der Waals surface area contributed by atoms with Gasteiger partial charge in [-0.3, -0.25) is 4.79 Å². The van der Waals surface area contributed by atoms with E-state index in [1.807, 2.05) is 19.1 Å². The molecule has 0 unspecified atom stereocenters. The van der Waals surface area contributed by atoms with Crippen molar-refractivity contribution in [1.82, 2.24) is 0 Å². The van der Waals surface area contributed by atoms with Gasteiger partial charge in [0.1, 0.15) is 0 Å². The van der Waals surface area contributed by atoms with Crippen molar-refractivity contribution in [1.29, 1.82) is 5.26 Å². The van der Waals surface area contributed by atoms with Crippen LogP contribution in [0.25, 0.3) is 0 Å². The molecule has 0 atom stereocenters. The number of carbonyl (C=O) groups excluding carboxylic acids is 1. The average Bonchev–Trinajstić information content (AvgIpc) is 2.61. The Hall–Kier alpha value is -1.82. The van der Waals surface area contributed by atoms with E-state index in [0.29, 0.717) is 5.56 Å². The molecule has 0 bridgehead atoms. The molecular formula is C12H12N2O. The summed E-state index contributed by atoms with van der Waals surface area (Å²) in [5.74, 6) is 0.0709. The third kappa shape index (κ3) is 1.48. The van der Waals surface area contributed by atoms with Crippen LogP contribution in [0.15, 0.2) is 12.1 Å². The van der Waals surface area contributed by atoms with Crippen LogP contribution in [0.1, 0.15) is 23.6 Å². The summed E-state index contributed by atoms with van der Waals surface area (Å²) in [6.45, 7) is 4.26. The molecule has 0 N–H and O–H groups in total. The zero-order valence-corrected chi connectivity index (χ0v) is 8.87. The van der Waals surface area contributed by atoms with E-state index in [2.05, 4.69) is 6.07 Å². The zero-order valence-electron chi connectivity index (χ0n) is 8.87. The van der Waals surface area contributed by atoms with E-state index in [1.54, 1.807) is 11.8 Å². The summed E-state index contributed by atoms with van der Waals surface area (Å²) in [4.78, 5) is 13.2. The molecule has 0 aromatic heterocycles. The number of amides is 1. The summed E-state index contributed by atoms with van der Waals surface area (Å²) in [5, 5.41) is 8.84. The minimum atomic E-state index is 0.0709. The fourth-order valence-corrected chi connectivity index (χ4v) is 2.15. The average molecular weight is 200 g/mol. The van der Waals surface area contributed by atoms with E-state index < -0.39 is 0 Å². The third-order valence-electron chi connectivity index (χ3n) is 2.76. The lowest BCUT2D eigenvalue weighted by Gasteiger charge is -2.17. The number of hydrogen-bond donors (Lipinski definition) is 0. The predicted molar refractivity (Wildman–Crippen MR) is 57.6 cm³/mol. The molecule has 0 aliphatic carbocycles. The van der Waals surface area contributed by atoms with Crippen LogP contribution in [-0.2, 0) is 11.2 Å². The number of nitriles is 1. The van der Waals surface area contributed by atoms with Crippen LogP contribution < -0.4 is 4.90 Å². The smallest absolute Gasteiger partial charge is 0.223 e. The standard InChI is InChI=1S/C12H12N2O/c1-8-5-10(7-13)6-11-3-4-14(9(2)15)12(8)11/h5-6H,3-4H2,1-2H3. The second-order valence-corrected chi connectivity index (χ2v) is 3.83. The Morgan fingerprint density at radius 1 is 1.53 bits per heavy atom. The van der Waals surface area contributed by atoms with Gasteiger partial charge in [-0.15, -0.1) is 0 Å². The third-order valence-corrected chi connectivity index (χ3v) is 2.76. The van der Waals surface area contributed by atoms with Crippen LogP contribution in [-0.4, -0.2) is 12.5 Å². The quantitative estimate of drug-likeness (QED) is 0.640. The van der Waals surface area contributed by atoms with E-state index in [1.165, 1.54) is 0 Å². The van der Waals surface area contributed by atoms with Gasteiger partial charge in [0.05, 0.1) is 11.6 Å². The molecule has 3 heteroatoms. The highest BCUT2D eigenvalue weighted by molar-refractivity contribution is 5.94. The molecule has 1 aliphatic heterocycles. The van der Waals surface area contributed by atoms with Crippen molar-refractivity contribution in [2.45, 2.75) is 20.3 Å². The summed E-state index contributed by atoms with van der Waals surface area (Å²) in [6, 6.07) is 5.85. The minimum Gasteiger partial charge on any atom is -0.312 e. The fourth-order valence-electron chi connectivity index (χ4n) is 2.15. The van der Waals surface area contributed by atoms with Gasteiger partial charge in [0.15, 0.2) is 0 Å². The van der Waals surface area contributed by atoms with Crippen molar-refractivity contribution in [3.8, 4) is 6.07 Å². The molecule has 1 heterocycles. The van der Waals surface area contributed by atoms with E-state index in [-0.39, 0.29) is 5.91 Å². The summed E-state index contributed by atoms with van der Waals surface area (Å²) in [7, 11) is 0. The van der Waals surface area contributed by atoms with Gasteiger partial charge in [-0.25, -0.2) is 0 Å². The van der Waals surface area contributed by atoms with Crippen molar-refractivity contribution < 1.29 is 4.79 Å². The van der Waals surface area contributed by atoms with E-state index in [9.17, 15) is 4.79 Å². The van der Waals surface area contributed by atoms with Crippen LogP contribution in [0.3, 0.4) is 0 Å². The highest BCUT2D eigenvalue weighted by Crippen LogP contribution is 2.32. The minimum absolute atomic E-state index is 0.0709. The van der Waals surface area contributed by atoms with Gasteiger partial charge in [0, 0.05) is 19.2 Å². The lowest BCUT2D eigenvalue weighted by molar-refractivity contribution is -0.116. The molecule has 2 rings (SSSR count). The Balaban J connectivity index is 2.56.